The van der Waals surface area contributed by atoms with E-state index in [1.807, 2.05) is 18.7 Å². The van der Waals surface area contributed by atoms with Gasteiger partial charge in [-0.25, -0.2) is 13.4 Å². The van der Waals surface area contributed by atoms with Gasteiger partial charge in [-0.1, -0.05) is 37.6 Å². The Kier molecular flexibility index (Phi) is 10.4. The molecule has 1 aromatic heterocycles. The molecule has 0 atom stereocenters. The Hall–Kier alpha value is -2.55. The third-order valence-electron chi connectivity index (χ3n) is 4.83. The van der Waals surface area contributed by atoms with Gasteiger partial charge in [0, 0.05) is 18.4 Å². The third kappa shape index (κ3) is 8.25. The molecule has 15 heteroatoms. The van der Waals surface area contributed by atoms with Gasteiger partial charge in [0.25, 0.3) is 0 Å². The molecule has 0 saturated carbocycles. The number of hydrogen-bond acceptors (Lipinski definition) is 10. The summed E-state index contributed by atoms with van der Waals surface area (Å²) in [4.78, 5) is 22.2. The third-order valence-corrected chi connectivity index (χ3v) is 7.04. The topological polar surface area (TPSA) is 128 Å². The molecule has 2 aromatic rings. The van der Waals surface area contributed by atoms with Gasteiger partial charge in [-0.05, 0) is 36.8 Å². The maximum absolute atomic E-state index is 13.2. The highest BCUT2D eigenvalue weighted by Crippen LogP contribution is 2.29. The molecule has 1 aromatic carbocycles. The lowest BCUT2D eigenvalue weighted by atomic mass is 10.2. The summed E-state index contributed by atoms with van der Waals surface area (Å²) in [5.41, 5.74) is 3.38. The fourth-order valence-corrected chi connectivity index (χ4v) is 4.48. The van der Waals surface area contributed by atoms with Crippen molar-refractivity contribution in [1.29, 1.82) is 0 Å². The van der Waals surface area contributed by atoms with Crippen LogP contribution in [0.5, 0.6) is 0 Å². The molecule has 2 N–H and O–H groups in total. The van der Waals surface area contributed by atoms with Crippen LogP contribution in [0.1, 0.15) is 18.9 Å². The number of ether oxygens (including phenoxy) is 1. The summed E-state index contributed by atoms with van der Waals surface area (Å²) in [5.74, 6) is -0.745. The van der Waals surface area contributed by atoms with Crippen LogP contribution < -0.4 is 5.73 Å². The summed E-state index contributed by atoms with van der Waals surface area (Å²) >= 11 is 6.59. The molecule has 0 amide bonds. The van der Waals surface area contributed by atoms with Gasteiger partial charge in [0.05, 0.1) is 9.93 Å². The van der Waals surface area contributed by atoms with Gasteiger partial charge in [0.15, 0.2) is 20.7 Å². The first kappa shape index (κ1) is 29.7. The van der Waals surface area contributed by atoms with E-state index in [2.05, 4.69) is 14.3 Å². The van der Waals surface area contributed by atoms with Crippen LogP contribution in [0.25, 0.3) is 11.4 Å². The number of carbonyl (C=O) groups excluding carboxylic acids is 1. The van der Waals surface area contributed by atoms with E-state index in [-0.39, 0.29) is 22.3 Å². The Bertz CT molecular complexity index is 1240. The molecule has 9 nitrogen and oxygen atoms in total. The lowest BCUT2D eigenvalue weighted by molar-refractivity contribution is -0.142. The SMILES string of the molecule is CCN(CC)CCOC(=O)CN=C(C(Cl)=C(N)C(F)(F)F)c1nc(-c2cccc(S(C)(=O)=O)c2)ns1. The number of carbonyl (C=O) groups is 1. The summed E-state index contributed by atoms with van der Waals surface area (Å²) in [6.45, 7) is 5.37. The lowest BCUT2D eigenvalue weighted by Crippen LogP contribution is -2.28. The molecule has 0 aliphatic rings. The van der Waals surface area contributed by atoms with E-state index in [0.29, 0.717) is 23.6 Å². The van der Waals surface area contributed by atoms with E-state index >= 15 is 0 Å². The molecule has 0 spiro atoms. The average Bonchev–Trinajstić information content (AvgIpc) is 3.30. The molecule has 198 valence electrons. The molecule has 2 rings (SSSR count). The summed E-state index contributed by atoms with van der Waals surface area (Å²) < 4.78 is 72.5. The number of alkyl halides is 3. The number of benzene rings is 1. The van der Waals surface area contributed by atoms with Gasteiger partial charge in [-0.3, -0.25) is 9.79 Å². The number of allylic oxidation sites excluding steroid dienone is 2. The van der Waals surface area contributed by atoms with Gasteiger partial charge >= 0.3 is 12.1 Å². The maximum Gasteiger partial charge on any atom is 0.432 e. The molecule has 0 radical (unpaired) electrons. The predicted molar refractivity (Wildman–Crippen MR) is 132 cm³/mol. The second-order valence-electron chi connectivity index (χ2n) is 7.36. The van der Waals surface area contributed by atoms with Crippen molar-refractivity contribution in [2.24, 2.45) is 10.7 Å². The minimum atomic E-state index is -4.96. The molecule has 0 aliphatic carbocycles. The van der Waals surface area contributed by atoms with E-state index in [0.717, 1.165) is 19.3 Å². The number of nitrogens with two attached hydrogens (primary N) is 1. The van der Waals surface area contributed by atoms with Crippen LogP contribution in [0, 0.1) is 0 Å². The fourth-order valence-electron chi connectivity index (χ4n) is 2.80. The first-order valence-corrected chi connectivity index (χ1v) is 13.6. The van der Waals surface area contributed by atoms with Crippen molar-refractivity contribution in [2.75, 3.05) is 39.0 Å². The Morgan fingerprint density at radius 2 is 1.94 bits per heavy atom. The van der Waals surface area contributed by atoms with Gasteiger partial charge < -0.3 is 15.4 Å². The number of halogens is 4. The smallest absolute Gasteiger partial charge is 0.432 e. The van der Waals surface area contributed by atoms with Crippen LogP contribution in [0.4, 0.5) is 13.2 Å². The van der Waals surface area contributed by atoms with E-state index in [1.165, 1.54) is 24.3 Å². The van der Waals surface area contributed by atoms with Gasteiger partial charge in [-0.15, -0.1) is 0 Å². The maximum atomic E-state index is 13.2. The lowest BCUT2D eigenvalue weighted by Gasteiger charge is -2.17. The van der Waals surface area contributed by atoms with Crippen molar-refractivity contribution in [2.45, 2.75) is 24.9 Å². The van der Waals surface area contributed by atoms with E-state index < -0.39 is 45.0 Å². The first-order valence-electron chi connectivity index (χ1n) is 10.6. The van der Waals surface area contributed by atoms with Gasteiger partial charge in [0.1, 0.15) is 24.6 Å². The minimum Gasteiger partial charge on any atom is -0.463 e. The molecule has 0 aliphatic heterocycles. The van der Waals surface area contributed by atoms with Crippen molar-refractivity contribution in [3.8, 4) is 11.4 Å². The second-order valence-corrected chi connectivity index (χ2v) is 10.5. The number of nitrogens with zero attached hydrogens (tertiary/aromatic N) is 4. The number of aromatic nitrogens is 2. The highest BCUT2D eigenvalue weighted by atomic mass is 35.5. The zero-order valence-electron chi connectivity index (χ0n) is 19.7. The molecular weight excluding hydrogens is 543 g/mol. The highest BCUT2D eigenvalue weighted by Gasteiger charge is 2.36. The summed E-state index contributed by atoms with van der Waals surface area (Å²) in [5, 5.41) is -1.10. The molecule has 0 fully saturated rings. The number of rotatable bonds is 11. The standard InChI is InChI=1S/C21H25ClF3N5O4S2/c1-4-30(5-2)9-10-34-15(31)12-27-17(16(22)18(26)21(23,24)25)20-28-19(29-35-20)13-7-6-8-14(11-13)36(3,32)33/h6-8,11H,4-5,9-10,12,26H2,1-3H3. The Morgan fingerprint density at radius 1 is 1.28 bits per heavy atom. The molecule has 36 heavy (non-hydrogen) atoms. The Labute approximate surface area is 215 Å². The molecule has 0 bridgehead atoms. The Morgan fingerprint density at radius 3 is 2.53 bits per heavy atom. The van der Waals surface area contributed by atoms with Crippen molar-refractivity contribution in [1.82, 2.24) is 14.3 Å². The van der Waals surface area contributed by atoms with Crippen molar-refractivity contribution < 1.29 is 31.1 Å². The first-order chi connectivity index (χ1) is 16.8. The van der Waals surface area contributed by atoms with Crippen molar-refractivity contribution in [3.05, 3.63) is 40.0 Å². The monoisotopic (exact) mass is 567 g/mol. The number of sulfone groups is 1. The summed E-state index contributed by atoms with van der Waals surface area (Å²) in [7, 11) is -3.52. The van der Waals surface area contributed by atoms with Gasteiger partial charge in [0.2, 0.25) is 0 Å². The van der Waals surface area contributed by atoms with Crippen LogP contribution in [-0.4, -0.2) is 79.6 Å². The van der Waals surface area contributed by atoms with Crippen LogP contribution in [0.2, 0.25) is 0 Å². The van der Waals surface area contributed by atoms with E-state index in [4.69, 9.17) is 22.1 Å². The largest absolute Gasteiger partial charge is 0.463 e. The predicted octanol–water partition coefficient (Wildman–Crippen LogP) is 3.25. The van der Waals surface area contributed by atoms with E-state index in [1.54, 1.807) is 0 Å². The molecule has 0 unspecified atom stereocenters. The van der Waals surface area contributed by atoms with Crippen LogP contribution >= 0.6 is 23.1 Å². The van der Waals surface area contributed by atoms with Crippen LogP contribution in [0.3, 0.4) is 0 Å². The summed E-state index contributed by atoms with van der Waals surface area (Å²) in [6, 6.07) is 5.72. The minimum absolute atomic E-state index is 0.0111. The quantitative estimate of drug-likeness (QED) is 0.324. The number of esters is 1. The second kappa shape index (κ2) is 12.6. The van der Waals surface area contributed by atoms with Crippen LogP contribution in [-0.2, 0) is 19.4 Å². The number of hydrogen-bond donors (Lipinski definition) is 1. The summed E-state index contributed by atoms with van der Waals surface area (Å²) in [6.07, 6.45) is -3.93. The van der Waals surface area contributed by atoms with Crippen molar-refractivity contribution in [3.63, 3.8) is 0 Å². The molecule has 0 saturated heterocycles. The number of likely N-dealkylation sites (N-methyl/N-ethyl adjacent to an activating group) is 1. The average molecular weight is 568 g/mol. The highest BCUT2D eigenvalue weighted by molar-refractivity contribution is 7.90. The van der Waals surface area contributed by atoms with Crippen molar-refractivity contribution >= 4 is 44.7 Å². The van der Waals surface area contributed by atoms with E-state index in [9.17, 15) is 26.4 Å². The zero-order valence-corrected chi connectivity index (χ0v) is 22.1. The fraction of sp³-hybridized carbons (Fsp3) is 0.429. The zero-order chi connectivity index (χ0) is 27.1. The molecule has 1 heterocycles. The Balaban J connectivity index is 2.37. The van der Waals surface area contributed by atoms with Gasteiger partial charge in [-0.2, -0.15) is 17.5 Å². The number of aliphatic imine (C=N–C) groups is 1. The molecular formula is C21H25ClF3N5O4S2. The van der Waals surface area contributed by atoms with Crippen LogP contribution in [0.15, 0.2) is 44.9 Å². The normalized spacial score (nSPS) is 13.6.